The number of carbonyl (C=O) groups excluding carboxylic acids is 1. The summed E-state index contributed by atoms with van der Waals surface area (Å²) in [7, 11) is 2.26. The molecule has 2 heterocycles. The van der Waals surface area contributed by atoms with E-state index in [0.717, 1.165) is 18.8 Å². The van der Waals surface area contributed by atoms with Crippen LogP contribution in [-0.2, 0) is 0 Å². The van der Waals surface area contributed by atoms with Crippen LogP contribution >= 0.6 is 11.3 Å². The van der Waals surface area contributed by atoms with Gasteiger partial charge in [-0.2, -0.15) is 0 Å². The van der Waals surface area contributed by atoms with Crippen LogP contribution in [0.3, 0.4) is 0 Å². The van der Waals surface area contributed by atoms with E-state index in [4.69, 9.17) is 0 Å². The zero-order chi connectivity index (χ0) is 17.6. The molecule has 0 unspecified atom stereocenters. The van der Waals surface area contributed by atoms with E-state index in [9.17, 15) is 4.79 Å². The lowest BCUT2D eigenvalue weighted by atomic mass is 10.1. The minimum absolute atomic E-state index is 0.0655. The van der Waals surface area contributed by atoms with Crippen molar-refractivity contribution in [3.63, 3.8) is 0 Å². The number of rotatable bonds is 5. The number of thiophene rings is 1. The molecule has 134 valence electrons. The highest BCUT2D eigenvalue weighted by Gasteiger charge is 2.34. The maximum atomic E-state index is 12.4. The third-order valence-electron chi connectivity index (χ3n) is 4.93. The van der Waals surface area contributed by atoms with Gasteiger partial charge in [0, 0.05) is 5.69 Å². The van der Waals surface area contributed by atoms with E-state index in [1.807, 2.05) is 30.3 Å². The third kappa shape index (κ3) is 4.81. The Labute approximate surface area is 153 Å². The quantitative estimate of drug-likeness (QED) is 0.614. The van der Waals surface area contributed by atoms with Crippen molar-refractivity contribution in [2.75, 3.05) is 38.5 Å². The van der Waals surface area contributed by atoms with Crippen molar-refractivity contribution in [1.82, 2.24) is 5.32 Å². The molecule has 6 heteroatoms. The van der Waals surface area contributed by atoms with E-state index in [1.165, 1.54) is 18.0 Å². The van der Waals surface area contributed by atoms with Crippen molar-refractivity contribution >= 4 is 23.1 Å². The summed E-state index contributed by atoms with van der Waals surface area (Å²) in [5.41, 5.74) is 0.815. The van der Waals surface area contributed by atoms with Gasteiger partial charge in [-0.3, -0.25) is 0 Å². The van der Waals surface area contributed by atoms with Gasteiger partial charge in [-0.25, -0.2) is 4.79 Å². The lowest BCUT2D eigenvalue weighted by molar-refractivity contribution is -1.02. The summed E-state index contributed by atoms with van der Waals surface area (Å²) >= 11 is 1.79. The van der Waals surface area contributed by atoms with Crippen molar-refractivity contribution in [2.45, 2.75) is 19.0 Å². The van der Waals surface area contributed by atoms with Gasteiger partial charge in [-0.15, -0.1) is 11.3 Å². The molecule has 0 spiro atoms. The standard InChI is InChI=1S/C19H26N4OS/c1-15(20-19(24)21-16-7-4-3-5-8-16)18(17-9-6-14-25-17)23-12-10-22(2)11-13-23/h3-9,14-15,18H,10-13H2,1-2H3,(H2,20,21,24)/p+2/t15-,18-/m1/s1. The number of amides is 2. The van der Waals surface area contributed by atoms with Gasteiger partial charge in [-0.05, 0) is 30.5 Å². The average molecular weight is 361 g/mol. The van der Waals surface area contributed by atoms with Crippen molar-refractivity contribution in [3.8, 4) is 0 Å². The van der Waals surface area contributed by atoms with Crippen LogP contribution in [0.15, 0.2) is 47.8 Å². The minimum atomic E-state index is -0.139. The number of hydrogen-bond acceptors (Lipinski definition) is 2. The van der Waals surface area contributed by atoms with Crippen LogP contribution in [0.4, 0.5) is 10.5 Å². The Bertz CT molecular complexity index is 653. The number of quaternary nitrogens is 2. The molecule has 25 heavy (non-hydrogen) atoms. The highest BCUT2D eigenvalue weighted by atomic mass is 32.1. The van der Waals surface area contributed by atoms with E-state index in [2.05, 4.69) is 42.1 Å². The topological polar surface area (TPSA) is 50.0 Å². The Kier molecular flexibility index (Phi) is 6.07. The van der Waals surface area contributed by atoms with Crippen molar-refractivity contribution in [1.29, 1.82) is 0 Å². The number of urea groups is 1. The predicted molar refractivity (Wildman–Crippen MR) is 102 cm³/mol. The summed E-state index contributed by atoms with van der Waals surface area (Å²) in [4.78, 5) is 16.9. The van der Waals surface area contributed by atoms with Gasteiger partial charge >= 0.3 is 6.03 Å². The molecule has 3 rings (SSSR count). The monoisotopic (exact) mass is 360 g/mol. The normalized spacial score (nSPS) is 22.8. The molecule has 0 radical (unpaired) electrons. The molecule has 2 aromatic rings. The predicted octanol–water partition coefficient (Wildman–Crippen LogP) is 0.413. The lowest BCUT2D eigenvalue weighted by Gasteiger charge is -2.35. The molecule has 1 saturated heterocycles. The second kappa shape index (κ2) is 8.47. The maximum absolute atomic E-state index is 12.4. The highest BCUT2D eigenvalue weighted by molar-refractivity contribution is 7.10. The Morgan fingerprint density at radius 2 is 1.80 bits per heavy atom. The molecule has 5 nitrogen and oxygen atoms in total. The van der Waals surface area contributed by atoms with Crippen LogP contribution in [-0.4, -0.2) is 45.3 Å². The van der Waals surface area contributed by atoms with E-state index < -0.39 is 0 Å². The van der Waals surface area contributed by atoms with Crippen LogP contribution in [0.2, 0.25) is 0 Å². The first-order valence-corrected chi connectivity index (χ1v) is 9.83. The van der Waals surface area contributed by atoms with E-state index >= 15 is 0 Å². The molecular formula is C19H28N4OS+2. The molecule has 4 N–H and O–H groups in total. The number of piperazine rings is 1. The molecular weight excluding hydrogens is 332 g/mol. The Morgan fingerprint density at radius 3 is 2.44 bits per heavy atom. The Hall–Kier alpha value is -1.89. The fourth-order valence-corrected chi connectivity index (χ4v) is 4.55. The van der Waals surface area contributed by atoms with Gasteiger partial charge in [0.2, 0.25) is 0 Å². The van der Waals surface area contributed by atoms with Gasteiger partial charge in [0.05, 0.1) is 18.0 Å². The molecule has 1 aromatic heterocycles. The van der Waals surface area contributed by atoms with E-state index in [-0.39, 0.29) is 12.1 Å². The van der Waals surface area contributed by atoms with Crippen molar-refractivity contribution < 1.29 is 14.6 Å². The number of benzene rings is 1. The zero-order valence-corrected chi connectivity index (χ0v) is 15.7. The number of nitrogens with one attached hydrogen (secondary N) is 4. The molecule has 1 aliphatic rings. The number of para-hydroxylation sites is 1. The molecule has 1 aliphatic heterocycles. The SMILES string of the molecule is C[C@@H](NC(=O)Nc1ccccc1)[C@H](c1cccs1)[NH+]1CC[NH+](C)CC1. The Balaban J connectivity index is 1.66. The van der Waals surface area contributed by atoms with Gasteiger partial charge in [0.25, 0.3) is 0 Å². The van der Waals surface area contributed by atoms with Gasteiger partial charge < -0.3 is 20.4 Å². The summed E-state index contributed by atoms with van der Waals surface area (Å²) in [6.45, 7) is 6.76. The average Bonchev–Trinajstić information content (AvgIpc) is 3.11. The van der Waals surface area contributed by atoms with E-state index in [1.54, 1.807) is 21.1 Å². The fraction of sp³-hybridized carbons (Fsp3) is 0.421. The van der Waals surface area contributed by atoms with Gasteiger partial charge in [0.1, 0.15) is 32.2 Å². The summed E-state index contributed by atoms with van der Waals surface area (Å²) in [6.07, 6.45) is 0. The summed E-state index contributed by atoms with van der Waals surface area (Å²) in [6, 6.07) is 14.1. The second-order valence-corrected chi connectivity index (χ2v) is 7.84. The van der Waals surface area contributed by atoms with Crippen LogP contribution < -0.4 is 20.4 Å². The highest BCUT2D eigenvalue weighted by Crippen LogP contribution is 2.20. The summed E-state index contributed by atoms with van der Waals surface area (Å²) in [5, 5.41) is 8.20. The van der Waals surface area contributed by atoms with Gasteiger partial charge in [-0.1, -0.05) is 24.3 Å². The number of likely N-dealkylation sites (N-methyl/N-ethyl adjacent to an activating group) is 1. The summed E-state index contributed by atoms with van der Waals surface area (Å²) < 4.78 is 0. The smallest absolute Gasteiger partial charge is 0.319 e. The first kappa shape index (κ1) is 17.9. The molecule has 0 bridgehead atoms. The Morgan fingerprint density at radius 1 is 1.08 bits per heavy atom. The van der Waals surface area contributed by atoms with E-state index in [0.29, 0.717) is 6.04 Å². The zero-order valence-electron chi connectivity index (χ0n) is 14.9. The third-order valence-corrected chi connectivity index (χ3v) is 5.88. The maximum Gasteiger partial charge on any atom is 0.319 e. The van der Waals surface area contributed by atoms with Gasteiger partial charge in [0.15, 0.2) is 0 Å². The summed E-state index contributed by atoms with van der Waals surface area (Å²) in [5.74, 6) is 0. The van der Waals surface area contributed by atoms with Crippen molar-refractivity contribution in [3.05, 3.63) is 52.7 Å². The first-order valence-electron chi connectivity index (χ1n) is 8.95. The van der Waals surface area contributed by atoms with Crippen LogP contribution in [0.25, 0.3) is 0 Å². The van der Waals surface area contributed by atoms with Crippen LogP contribution in [0.1, 0.15) is 17.8 Å². The molecule has 2 atom stereocenters. The molecule has 2 amide bonds. The lowest BCUT2D eigenvalue weighted by Crippen LogP contribution is -3.27. The fourth-order valence-electron chi connectivity index (χ4n) is 3.56. The minimum Gasteiger partial charge on any atom is -0.329 e. The number of hydrogen-bond donors (Lipinski definition) is 4. The molecule has 1 aromatic carbocycles. The first-order chi connectivity index (χ1) is 12.1. The van der Waals surface area contributed by atoms with Crippen molar-refractivity contribution in [2.24, 2.45) is 0 Å². The molecule has 0 saturated carbocycles. The van der Waals surface area contributed by atoms with Crippen LogP contribution in [0.5, 0.6) is 0 Å². The number of anilines is 1. The number of carbonyl (C=O) groups is 1. The second-order valence-electron chi connectivity index (χ2n) is 6.86. The van der Waals surface area contributed by atoms with Crippen LogP contribution in [0, 0.1) is 0 Å². The largest absolute Gasteiger partial charge is 0.329 e. The molecule has 1 fully saturated rings. The molecule has 0 aliphatic carbocycles.